The van der Waals surface area contributed by atoms with Crippen molar-refractivity contribution in [2.75, 3.05) is 0 Å². The molecule has 1 N–H and O–H groups in total. The Bertz CT molecular complexity index is 454. The lowest BCUT2D eigenvalue weighted by Gasteiger charge is -2.08. The van der Waals surface area contributed by atoms with Crippen LogP contribution < -0.4 is 5.32 Å². The van der Waals surface area contributed by atoms with Crippen LogP contribution in [0.1, 0.15) is 18.9 Å². The second kappa shape index (κ2) is 5.94. The highest BCUT2D eigenvalue weighted by atomic mass is 19.1. The summed E-state index contributed by atoms with van der Waals surface area (Å²) < 4.78 is 26.0. The third-order valence-electron chi connectivity index (χ3n) is 2.34. The van der Waals surface area contributed by atoms with Gasteiger partial charge in [0.15, 0.2) is 0 Å². The molecule has 1 rings (SSSR count). The molecule has 5 heteroatoms. The van der Waals surface area contributed by atoms with E-state index in [1.807, 2.05) is 6.07 Å². The summed E-state index contributed by atoms with van der Waals surface area (Å²) in [4.78, 5) is 11.4. The summed E-state index contributed by atoms with van der Waals surface area (Å²) in [5.41, 5.74) is 0.0612. The monoisotopic (exact) mass is 238 g/mol. The van der Waals surface area contributed by atoms with Gasteiger partial charge < -0.3 is 5.32 Å². The van der Waals surface area contributed by atoms with Crippen molar-refractivity contribution in [2.24, 2.45) is 5.92 Å². The molecule has 1 unspecified atom stereocenters. The molecule has 0 heterocycles. The van der Waals surface area contributed by atoms with Gasteiger partial charge in [-0.15, -0.1) is 0 Å². The highest BCUT2D eigenvalue weighted by Gasteiger charge is 2.15. The van der Waals surface area contributed by atoms with E-state index in [1.54, 1.807) is 6.92 Å². The number of halogens is 2. The van der Waals surface area contributed by atoms with Gasteiger partial charge in [-0.25, -0.2) is 8.78 Å². The topological polar surface area (TPSA) is 52.9 Å². The van der Waals surface area contributed by atoms with E-state index < -0.39 is 23.5 Å². The molecule has 17 heavy (non-hydrogen) atoms. The van der Waals surface area contributed by atoms with Crippen LogP contribution in [0.4, 0.5) is 8.78 Å². The fraction of sp³-hybridized carbons (Fsp3) is 0.333. The molecular formula is C12H12F2N2O. The van der Waals surface area contributed by atoms with Crippen LogP contribution in [0.3, 0.4) is 0 Å². The fourth-order valence-electron chi connectivity index (χ4n) is 1.32. The molecule has 0 aliphatic carbocycles. The minimum atomic E-state index is -0.758. The zero-order chi connectivity index (χ0) is 12.8. The van der Waals surface area contributed by atoms with Gasteiger partial charge in [0.1, 0.15) is 17.6 Å². The number of benzene rings is 1. The van der Waals surface area contributed by atoms with Crippen LogP contribution in [0.25, 0.3) is 0 Å². The third kappa shape index (κ3) is 3.52. The molecular weight excluding hydrogens is 226 g/mol. The molecule has 0 saturated heterocycles. The summed E-state index contributed by atoms with van der Waals surface area (Å²) in [5, 5.41) is 11.0. The van der Waals surface area contributed by atoms with E-state index in [2.05, 4.69) is 5.32 Å². The summed E-state index contributed by atoms with van der Waals surface area (Å²) in [6.45, 7) is 1.58. The molecule has 0 fully saturated rings. The molecule has 90 valence electrons. The number of nitriles is 1. The lowest BCUT2D eigenvalue weighted by Crippen LogP contribution is -2.29. The van der Waals surface area contributed by atoms with Crippen molar-refractivity contribution in [2.45, 2.75) is 19.9 Å². The maximum Gasteiger partial charge on any atom is 0.237 e. The van der Waals surface area contributed by atoms with Crippen molar-refractivity contribution in [3.63, 3.8) is 0 Å². The van der Waals surface area contributed by atoms with Crippen LogP contribution in [0, 0.1) is 28.9 Å². The molecule has 0 saturated carbocycles. The smallest absolute Gasteiger partial charge is 0.237 e. The number of hydrogen-bond acceptors (Lipinski definition) is 2. The Morgan fingerprint density at radius 3 is 2.82 bits per heavy atom. The zero-order valence-corrected chi connectivity index (χ0v) is 9.34. The van der Waals surface area contributed by atoms with Crippen LogP contribution in [0.2, 0.25) is 0 Å². The first-order chi connectivity index (χ1) is 8.08. The number of carbonyl (C=O) groups excluding carboxylic acids is 1. The van der Waals surface area contributed by atoms with Crippen LogP contribution in [0.5, 0.6) is 0 Å². The van der Waals surface area contributed by atoms with Gasteiger partial charge in [0.05, 0.1) is 6.07 Å². The molecule has 0 aliphatic heterocycles. The number of hydrogen-bond donors (Lipinski definition) is 1. The van der Waals surface area contributed by atoms with Crippen molar-refractivity contribution >= 4 is 5.91 Å². The standard InChI is InChI=1S/C12H12F2N2O/c1-2-8(6-15)12(17)16-7-9-5-10(13)3-4-11(9)14/h3-5,8H,2,7H2,1H3,(H,16,17). The Kier molecular flexibility index (Phi) is 4.58. The van der Waals surface area contributed by atoms with Crippen molar-refractivity contribution in [3.8, 4) is 6.07 Å². The summed E-state index contributed by atoms with van der Waals surface area (Å²) in [5.74, 6) is -2.38. The molecule has 1 aromatic rings. The van der Waals surface area contributed by atoms with Gasteiger partial charge in [-0.3, -0.25) is 4.79 Å². The van der Waals surface area contributed by atoms with Crippen LogP contribution in [0.15, 0.2) is 18.2 Å². The van der Waals surface area contributed by atoms with Gasteiger partial charge >= 0.3 is 0 Å². The first-order valence-electron chi connectivity index (χ1n) is 5.19. The Morgan fingerprint density at radius 1 is 1.53 bits per heavy atom. The van der Waals surface area contributed by atoms with Crippen LogP contribution in [-0.2, 0) is 11.3 Å². The van der Waals surface area contributed by atoms with Crippen molar-refractivity contribution in [1.82, 2.24) is 5.32 Å². The lowest BCUT2D eigenvalue weighted by molar-refractivity contribution is -0.123. The van der Waals surface area contributed by atoms with E-state index in [4.69, 9.17) is 5.26 Å². The lowest BCUT2D eigenvalue weighted by atomic mass is 10.1. The Labute approximate surface area is 98.1 Å². The number of rotatable bonds is 4. The minimum Gasteiger partial charge on any atom is -0.351 e. The van der Waals surface area contributed by atoms with Crippen molar-refractivity contribution < 1.29 is 13.6 Å². The average molecular weight is 238 g/mol. The molecule has 1 atom stereocenters. The number of nitrogens with one attached hydrogen (secondary N) is 1. The van der Waals surface area contributed by atoms with Gasteiger partial charge in [-0.2, -0.15) is 5.26 Å². The summed E-state index contributed by atoms with van der Waals surface area (Å²) in [7, 11) is 0. The summed E-state index contributed by atoms with van der Waals surface area (Å²) in [6, 6.07) is 4.85. The van der Waals surface area contributed by atoms with E-state index in [1.165, 1.54) is 0 Å². The van der Waals surface area contributed by atoms with E-state index in [9.17, 15) is 13.6 Å². The molecule has 0 spiro atoms. The Balaban J connectivity index is 2.65. The predicted molar refractivity (Wildman–Crippen MR) is 57.6 cm³/mol. The zero-order valence-electron chi connectivity index (χ0n) is 9.34. The molecule has 3 nitrogen and oxygen atoms in total. The van der Waals surface area contributed by atoms with Crippen molar-refractivity contribution in [3.05, 3.63) is 35.4 Å². The predicted octanol–water partition coefficient (Wildman–Crippen LogP) is 2.13. The normalized spacial score (nSPS) is 11.6. The first kappa shape index (κ1) is 13.1. The number of nitrogens with zero attached hydrogens (tertiary/aromatic N) is 1. The highest BCUT2D eigenvalue weighted by Crippen LogP contribution is 2.10. The van der Waals surface area contributed by atoms with Crippen LogP contribution in [-0.4, -0.2) is 5.91 Å². The average Bonchev–Trinajstić information content (AvgIpc) is 2.32. The first-order valence-corrected chi connectivity index (χ1v) is 5.19. The van der Waals surface area contributed by atoms with E-state index in [0.29, 0.717) is 6.42 Å². The molecule has 0 aromatic heterocycles. The van der Waals surface area contributed by atoms with E-state index in [-0.39, 0.29) is 12.1 Å². The molecule has 1 aromatic carbocycles. The second-order valence-electron chi connectivity index (χ2n) is 3.54. The minimum absolute atomic E-state index is 0.0612. The summed E-state index contributed by atoms with van der Waals surface area (Å²) in [6.07, 6.45) is 0.383. The van der Waals surface area contributed by atoms with E-state index >= 15 is 0 Å². The quantitative estimate of drug-likeness (QED) is 0.873. The van der Waals surface area contributed by atoms with Gasteiger partial charge in [0.25, 0.3) is 0 Å². The highest BCUT2D eigenvalue weighted by molar-refractivity contribution is 5.80. The number of carbonyl (C=O) groups is 1. The SMILES string of the molecule is CCC(C#N)C(=O)NCc1cc(F)ccc1F. The Hall–Kier alpha value is -1.96. The molecule has 1 amide bonds. The largest absolute Gasteiger partial charge is 0.351 e. The van der Waals surface area contributed by atoms with Gasteiger partial charge in [-0.05, 0) is 24.6 Å². The third-order valence-corrected chi connectivity index (χ3v) is 2.34. The van der Waals surface area contributed by atoms with E-state index in [0.717, 1.165) is 18.2 Å². The van der Waals surface area contributed by atoms with Gasteiger partial charge in [0, 0.05) is 12.1 Å². The van der Waals surface area contributed by atoms with Gasteiger partial charge in [-0.1, -0.05) is 6.92 Å². The second-order valence-corrected chi connectivity index (χ2v) is 3.54. The maximum atomic E-state index is 13.2. The van der Waals surface area contributed by atoms with Crippen LogP contribution >= 0.6 is 0 Å². The molecule has 0 radical (unpaired) electrons. The van der Waals surface area contributed by atoms with Crippen molar-refractivity contribution in [1.29, 1.82) is 5.26 Å². The summed E-state index contributed by atoms with van der Waals surface area (Å²) >= 11 is 0. The van der Waals surface area contributed by atoms with Gasteiger partial charge in [0.2, 0.25) is 5.91 Å². The Morgan fingerprint density at radius 2 is 2.24 bits per heavy atom. The molecule has 0 bridgehead atoms. The fourth-order valence-corrected chi connectivity index (χ4v) is 1.32. The molecule has 0 aliphatic rings. The number of amides is 1. The maximum absolute atomic E-state index is 13.2.